The summed E-state index contributed by atoms with van der Waals surface area (Å²) in [4.78, 5) is 6.55. The summed E-state index contributed by atoms with van der Waals surface area (Å²) < 4.78 is 0. The summed E-state index contributed by atoms with van der Waals surface area (Å²) >= 11 is 0. The minimum atomic E-state index is 0.295. The molecule has 3 N–H and O–H groups in total. The first kappa shape index (κ1) is 12.2. The Labute approximate surface area is 103 Å². The second-order valence-corrected chi connectivity index (χ2v) is 5.04. The summed E-state index contributed by atoms with van der Waals surface area (Å²) in [5, 5.41) is 3.44. The second-order valence-electron chi connectivity index (χ2n) is 5.04. The predicted molar refractivity (Wildman–Crippen MR) is 72.4 cm³/mol. The van der Waals surface area contributed by atoms with Gasteiger partial charge in [0.2, 0.25) is 0 Å². The lowest BCUT2D eigenvalue weighted by molar-refractivity contribution is 0.506. The highest BCUT2D eigenvalue weighted by Gasteiger charge is 2.19. The highest BCUT2D eigenvalue weighted by molar-refractivity contribution is 5.69. The molecule has 0 aliphatic carbocycles. The standard InChI is InChI=1S/C13H22N4/c1-10(2)16-12-8-15-6-5-13(12)17-7-3-4-11(14)9-17/h5-6,8,10-11,16H,3-4,7,9,14H2,1-2H3. The lowest BCUT2D eigenvalue weighted by Gasteiger charge is -2.34. The van der Waals surface area contributed by atoms with E-state index in [0.717, 1.165) is 25.2 Å². The molecule has 0 amide bonds. The Hall–Kier alpha value is -1.29. The fourth-order valence-corrected chi connectivity index (χ4v) is 2.31. The zero-order valence-electron chi connectivity index (χ0n) is 10.7. The first-order valence-corrected chi connectivity index (χ1v) is 6.38. The van der Waals surface area contributed by atoms with E-state index in [4.69, 9.17) is 5.73 Å². The normalized spacial score (nSPS) is 20.7. The van der Waals surface area contributed by atoms with Crippen LogP contribution in [0, 0.1) is 0 Å². The van der Waals surface area contributed by atoms with Crippen LogP contribution in [0.5, 0.6) is 0 Å². The van der Waals surface area contributed by atoms with Crippen LogP contribution < -0.4 is 16.0 Å². The zero-order valence-corrected chi connectivity index (χ0v) is 10.7. The number of nitrogens with two attached hydrogens (primary N) is 1. The molecule has 4 heteroatoms. The van der Waals surface area contributed by atoms with E-state index < -0.39 is 0 Å². The van der Waals surface area contributed by atoms with Crippen LogP contribution >= 0.6 is 0 Å². The van der Waals surface area contributed by atoms with Crippen molar-refractivity contribution in [2.45, 2.75) is 38.8 Å². The summed E-state index contributed by atoms with van der Waals surface area (Å²) in [5.41, 5.74) is 8.37. The number of piperidine rings is 1. The summed E-state index contributed by atoms with van der Waals surface area (Å²) in [5.74, 6) is 0. The third kappa shape index (κ3) is 3.09. The molecule has 1 unspecified atom stereocenters. The van der Waals surface area contributed by atoms with Crippen LogP contribution in [0.1, 0.15) is 26.7 Å². The first-order chi connectivity index (χ1) is 8.16. The van der Waals surface area contributed by atoms with E-state index in [1.807, 2.05) is 12.4 Å². The van der Waals surface area contributed by atoms with Crippen molar-refractivity contribution in [3.8, 4) is 0 Å². The maximum Gasteiger partial charge on any atom is 0.0766 e. The predicted octanol–water partition coefficient (Wildman–Crippen LogP) is 1.83. The van der Waals surface area contributed by atoms with Crippen molar-refractivity contribution in [2.75, 3.05) is 23.3 Å². The first-order valence-electron chi connectivity index (χ1n) is 6.38. The molecule has 1 aliphatic heterocycles. The number of rotatable bonds is 3. The molecule has 0 saturated carbocycles. The van der Waals surface area contributed by atoms with Gasteiger partial charge < -0.3 is 16.0 Å². The number of nitrogens with one attached hydrogen (secondary N) is 1. The molecule has 1 atom stereocenters. The summed E-state index contributed by atoms with van der Waals surface area (Å²) in [6.07, 6.45) is 6.05. The van der Waals surface area contributed by atoms with Crippen LogP contribution in [-0.2, 0) is 0 Å². The summed E-state index contributed by atoms with van der Waals surface area (Å²) in [6.45, 7) is 6.30. The largest absolute Gasteiger partial charge is 0.380 e. The van der Waals surface area contributed by atoms with Crippen molar-refractivity contribution in [2.24, 2.45) is 5.73 Å². The van der Waals surface area contributed by atoms with Gasteiger partial charge in [-0.25, -0.2) is 0 Å². The topological polar surface area (TPSA) is 54.2 Å². The van der Waals surface area contributed by atoms with Gasteiger partial charge in [-0.05, 0) is 32.8 Å². The van der Waals surface area contributed by atoms with Gasteiger partial charge in [0.1, 0.15) is 0 Å². The van der Waals surface area contributed by atoms with Gasteiger partial charge in [-0.3, -0.25) is 4.98 Å². The van der Waals surface area contributed by atoms with E-state index in [-0.39, 0.29) is 0 Å². The van der Waals surface area contributed by atoms with Gasteiger partial charge in [-0.1, -0.05) is 0 Å². The highest BCUT2D eigenvalue weighted by Crippen LogP contribution is 2.27. The number of hydrogen-bond donors (Lipinski definition) is 2. The highest BCUT2D eigenvalue weighted by atomic mass is 15.2. The quantitative estimate of drug-likeness (QED) is 0.838. The Bertz CT molecular complexity index is 364. The number of hydrogen-bond acceptors (Lipinski definition) is 4. The van der Waals surface area contributed by atoms with Crippen LogP contribution in [0.15, 0.2) is 18.5 Å². The Kier molecular flexibility index (Phi) is 3.84. The fraction of sp³-hybridized carbons (Fsp3) is 0.615. The van der Waals surface area contributed by atoms with Gasteiger partial charge in [0, 0.05) is 31.4 Å². The van der Waals surface area contributed by atoms with E-state index in [1.54, 1.807) is 0 Å². The van der Waals surface area contributed by atoms with Crippen molar-refractivity contribution in [1.29, 1.82) is 0 Å². The third-order valence-corrected chi connectivity index (χ3v) is 3.04. The molecular formula is C13H22N4. The van der Waals surface area contributed by atoms with Gasteiger partial charge in [0.05, 0.1) is 17.6 Å². The molecule has 1 aromatic rings. The molecule has 4 nitrogen and oxygen atoms in total. The van der Waals surface area contributed by atoms with Crippen molar-refractivity contribution in [3.63, 3.8) is 0 Å². The molecule has 94 valence electrons. The molecule has 0 aromatic carbocycles. The SMILES string of the molecule is CC(C)Nc1cnccc1N1CCCC(N)C1. The summed E-state index contributed by atoms with van der Waals surface area (Å²) in [6, 6.07) is 2.78. The van der Waals surface area contributed by atoms with Crippen LogP contribution in [-0.4, -0.2) is 30.2 Å². The molecule has 0 radical (unpaired) electrons. The van der Waals surface area contributed by atoms with Crippen molar-refractivity contribution in [3.05, 3.63) is 18.5 Å². The average molecular weight is 234 g/mol. The molecule has 17 heavy (non-hydrogen) atoms. The van der Waals surface area contributed by atoms with Gasteiger partial charge in [-0.15, -0.1) is 0 Å². The maximum atomic E-state index is 6.04. The number of aromatic nitrogens is 1. The number of nitrogens with zero attached hydrogens (tertiary/aromatic N) is 2. The van der Waals surface area contributed by atoms with Crippen LogP contribution in [0.4, 0.5) is 11.4 Å². The number of anilines is 2. The minimum absolute atomic E-state index is 0.295. The molecule has 1 fully saturated rings. The molecule has 2 heterocycles. The van der Waals surface area contributed by atoms with Gasteiger partial charge in [0.15, 0.2) is 0 Å². The van der Waals surface area contributed by atoms with E-state index in [1.165, 1.54) is 12.1 Å². The van der Waals surface area contributed by atoms with Crippen molar-refractivity contribution >= 4 is 11.4 Å². The molecular weight excluding hydrogens is 212 g/mol. The van der Waals surface area contributed by atoms with E-state index in [9.17, 15) is 0 Å². The van der Waals surface area contributed by atoms with E-state index in [0.29, 0.717) is 12.1 Å². The van der Waals surface area contributed by atoms with Gasteiger partial charge in [0.25, 0.3) is 0 Å². The van der Waals surface area contributed by atoms with Crippen LogP contribution in [0.25, 0.3) is 0 Å². The van der Waals surface area contributed by atoms with Crippen LogP contribution in [0.2, 0.25) is 0 Å². The van der Waals surface area contributed by atoms with Crippen molar-refractivity contribution in [1.82, 2.24) is 4.98 Å². The molecule has 0 bridgehead atoms. The van der Waals surface area contributed by atoms with Gasteiger partial charge in [-0.2, -0.15) is 0 Å². The zero-order chi connectivity index (χ0) is 12.3. The fourth-order valence-electron chi connectivity index (χ4n) is 2.31. The smallest absolute Gasteiger partial charge is 0.0766 e. The molecule has 0 spiro atoms. The summed E-state index contributed by atoms with van der Waals surface area (Å²) in [7, 11) is 0. The second kappa shape index (κ2) is 5.36. The van der Waals surface area contributed by atoms with E-state index in [2.05, 4.69) is 35.1 Å². The Morgan fingerprint density at radius 3 is 3.06 bits per heavy atom. The minimum Gasteiger partial charge on any atom is -0.380 e. The third-order valence-electron chi connectivity index (χ3n) is 3.04. The van der Waals surface area contributed by atoms with Crippen molar-refractivity contribution < 1.29 is 0 Å². The molecule has 1 aromatic heterocycles. The Morgan fingerprint density at radius 1 is 1.53 bits per heavy atom. The van der Waals surface area contributed by atoms with Gasteiger partial charge >= 0.3 is 0 Å². The lowest BCUT2D eigenvalue weighted by atomic mass is 10.1. The Morgan fingerprint density at radius 2 is 2.35 bits per heavy atom. The van der Waals surface area contributed by atoms with E-state index >= 15 is 0 Å². The number of pyridine rings is 1. The average Bonchev–Trinajstić information content (AvgIpc) is 2.29. The lowest BCUT2D eigenvalue weighted by Crippen LogP contribution is -2.43. The molecule has 2 rings (SSSR count). The monoisotopic (exact) mass is 234 g/mol. The Balaban J connectivity index is 2.18. The van der Waals surface area contributed by atoms with Crippen LogP contribution in [0.3, 0.4) is 0 Å². The molecule has 1 aliphatic rings. The molecule has 1 saturated heterocycles. The maximum absolute atomic E-state index is 6.04.